The standard InChI is InChI=1S/C23H27N5O4/c1-15(2)22(29)27-20(13-16-14-26-18-8-4-3-7-17(16)18)23(30)25-12-11-24-19-9-5-6-10-21(19)28(31)32/h3-10,14-15,20,24,26H,11-13H2,1-2H3,(H,25,30)(H,27,29). The maximum absolute atomic E-state index is 12.9. The van der Waals surface area contributed by atoms with Crippen LogP contribution < -0.4 is 16.0 Å². The molecule has 3 rings (SSSR count). The molecule has 3 aromatic rings. The first-order valence-electron chi connectivity index (χ1n) is 10.5. The number of anilines is 1. The third kappa shape index (κ3) is 5.63. The highest BCUT2D eigenvalue weighted by Crippen LogP contribution is 2.22. The first kappa shape index (κ1) is 22.8. The number of hydrogen-bond acceptors (Lipinski definition) is 5. The molecular formula is C23H27N5O4. The van der Waals surface area contributed by atoms with Crippen molar-refractivity contribution in [2.75, 3.05) is 18.4 Å². The van der Waals surface area contributed by atoms with Crippen LogP contribution in [-0.4, -0.2) is 40.9 Å². The molecule has 32 heavy (non-hydrogen) atoms. The number of benzene rings is 2. The number of aromatic amines is 1. The largest absolute Gasteiger partial charge is 0.378 e. The smallest absolute Gasteiger partial charge is 0.292 e. The Morgan fingerprint density at radius 3 is 2.50 bits per heavy atom. The van der Waals surface area contributed by atoms with Gasteiger partial charge in [-0.25, -0.2) is 0 Å². The van der Waals surface area contributed by atoms with Crippen molar-refractivity contribution in [2.45, 2.75) is 26.3 Å². The minimum Gasteiger partial charge on any atom is -0.378 e. The van der Waals surface area contributed by atoms with Crippen molar-refractivity contribution in [3.05, 3.63) is 70.4 Å². The van der Waals surface area contributed by atoms with E-state index in [2.05, 4.69) is 20.9 Å². The van der Waals surface area contributed by atoms with E-state index < -0.39 is 11.0 Å². The van der Waals surface area contributed by atoms with Crippen LogP contribution in [0.15, 0.2) is 54.7 Å². The molecule has 0 saturated heterocycles. The minimum atomic E-state index is -0.741. The van der Waals surface area contributed by atoms with Gasteiger partial charge in [0.2, 0.25) is 11.8 Å². The zero-order chi connectivity index (χ0) is 23.1. The Balaban J connectivity index is 1.63. The predicted octanol–water partition coefficient (Wildman–Crippen LogP) is 2.99. The first-order valence-corrected chi connectivity index (χ1v) is 10.5. The summed E-state index contributed by atoms with van der Waals surface area (Å²) < 4.78 is 0. The average Bonchev–Trinajstić information content (AvgIpc) is 3.19. The van der Waals surface area contributed by atoms with Crippen LogP contribution in [0.3, 0.4) is 0 Å². The molecule has 1 atom stereocenters. The van der Waals surface area contributed by atoms with Crippen LogP contribution >= 0.6 is 0 Å². The molecule has 0 bridgehead atoms. The summed E-state index contributed by atoms with van der Waals surface area (Å²) in [5.74, 6) is -0.773. The fourth-order valence-electron chi connectivity index (χ4n) is 3.36. The number of nitro benzene ring substituents is 1. The molecule has 2 aromatic carbocycles. The first-order chi connectivity index (χ1) is 15.4. The van der Waals surface area contributed by atoms with E-state index in [1.165, 1.54) is 6.07 Å². The molecule has 2 amide bonds. The van der Waals surface area contributed by atoms with Crippen LogP contribution in [0.2, 0.25) is 0 Å². The highest BCUT2D eigenvalue weighted by Gasteiger charge is 2.23. The third-order valence-corrected chi connectivity index (χ3v) is 5.10. The van der Waals surface area contributed by atoms with Crippen LogP contribution in [0.25, 0.3) is 10.9 Å². The Labute approximate surface area is 185 Å². The van der Waals surface area contributed by atoms with Crippen molar-refractivity contribution in [3.63, 3.8) is 0 Å². The zero-order valence-electron chi connectivity index (χ0n) is 18.1. The van der Waals surface area contributed by atoms with Gasteiger partial charge in [0, 0.05) is 48.6 Å². The number of nitro groups is 1. The number of fused-ring (bicyclic) bond motifs is 1. The molecule has 4 N–H and O–H groups in total. The number of nitrogens with zero attached hydrogens (tertiary/aromatic N) is 1. The van der Waals surface area contributed by atoms with E-state index in [-0.39, 0.29) is 30.0 Å². The zero-order valence-corrected chi connectivity index (χ0v) is 18.1. The topological polar surface area (TPSA) is 129 Å². The molecule has 0 aliphatic carbocycles. The van der Waals surface area contributed by atoms with Gasteiger partial charge in [0.05, 0.1) is 4.92 Å². The number of H-pyrrole nitrogens is 1. The van der Waals surface area contributed by atoms with Gasteiger partial charge in [0.25, 0.3) is 5.69 Å². The summed E-state index contributed by atoms with van der Waals surface area (Å²) in [4.78, 5) is 39.0. The quantitative estimate of drug-likeness (QED) is 0.220. The van der Waals surface area contributed by atoms with Crippen molar-refractivity contribution in [1.82, 2.24) is 15.6 Å². The van der Waals surface area contributed by atoms with Crippen molar-refractivity contribution < 1.29 is 14.5 Å². The molecule has 0 aliphatic rings. The number of amides is 2. The van der Waals surface area contributed by atoms with Gasteiger partial charge in [0.1, 0.15) is 11.7 Å². The number of aromatic nitrogens is 1. The maximum Gasteiger partial charge on any atom is 0.292 e. The van der Waals surface area contributed by atoms with Gasteiger partial charge in [-0.15, -0.1) is 0 Å². The average molecular weight is 438 g/mol. The summed E-state index contributed by atoms with van der Waals surface area (Å²) >= 11 is 0. The van der Waals surface area contributed by atoms with Crippen LogP contribution in [0.5, 0.6) is 0 Å². The number of carbonyl (C=O) groups is 2. The fraction of sp³-hybridized carbons (Fsp3) is 0.304. The molecule has 1 aromatic heterocycles. The van der Waals surface area contributed by atoms with Crippen molar-refractivity contribution in [1.29, 1.82) is 0 Å². The Bertz CT molecular complexity index is 1110. The van der Waals surface area contributed by atoms with E-state index in [4.69, 9.17) is 0 Å². The van der Waals surface area contributed by atoms with Crippen LogP contribution in [0.4, 0.5) is 11.4 Å². The van der Waals surface area contributed by atoms with Crippen molar-refractivity contribution in [2.24, 2.45) is 5.92 Å². The van der Waals surface area contributed by atoms with Gasteiger partial charge in [-0.05, 0) is 17.7 Å². The second-order valence-electron chi connectivity index (χ2n) is 7.77. The Hall–Kier alpha value is -3.88. The lowest BCUT2D eigenvalue weighted by molar-refractivity contribution is -0.384. The lowest BCUT2D eigenvalue weighted by Crippen LogP contribution is -2.49. The second-order valence-corrected chi connectivity index (χ2v) is 7.77. The van der Waals surface area contributed by atoms with E-state index in [1.807, 2.05) is 30.5 Å². The lowest BCUT2D eigenvalue weighted by Gasteiger charge is -2.20. The molecule has 0 aliphatic heterocycles. The van der Waals surface area contributed by atoms with E-state index in [9.17, 15) is 19.7 Å². The normalized spacial score (nSPS) is 11.8. The summed E-state index contributed by atoms with van der Waals surface area (Å²) in [6, 6.07) is 13.4. The van der Waals surface area contributed by atoms with Crippen molar-refractivity contribution >= 4 is 34.1 Å². The van der Waals surface area contributed by atoms with Gasteiger partial charge in [-0.2, -0.15) is 0 Å². The summed E-state index contributed by atoms with van der Waals surface area (Å²) in [5.41, 5.74) is 2.25. The monoisotopic (exact) mass is 437 g/mol. The summed E-state index contributed by atoms with van der Waals surface area (Å²) in [6.07, 6.45) is 2.19. The summed E-state index contributed by atoms with van der Waals surface area (Å²) in [6.45, 7) is 4.08. The highest BCUT2D eigenvalue weighted by molar-refractivity contribution is 5.90. The Morgan fingerprint density at radius 2 is 1.75 bits per heavy atom. The van der Waals surface area contributed by atoms with Gasteiger partial charge in [-0.1, -0.05) is 44.2 Å². The van der Waals surface area contributed by atoms with Crippen molar-refractivity contribution in [3.8, 4) is 0 Å². The van der Waals surface area contributed by atoms with Gasteiger partial charge >= 0.3 is 0 Å². The highest BCUT2D eigenvalue weighted by atomic mass is 16.6. The van der Waals surface area contributed by atoms with E-state index in [0.29, 0.717) is 18.7 Å². The SMILES string of the molecule is CC(C)C(=O)NC(Cc1c[nH]c2ccccc12)C(=O)NCCNc1ccccc1[N+](=O)[O-]. The molecule has 0 spiro atoms. The Kier molecular flexibility index (Phi) is 7.43. The molecule has 0 saturated carbocycles. The number of rotatable bonds is 10. The van der Waals surface area contributed by atoms with E-state index >= 15 is 0 Å². The minimum absolute atomic E-state index is 0.0276. The molecule has 9 heteroatoms. The molecular weight excluding hydrogens is 410 g/mol. The van der Waals surface area contributed by atoms with Crippen LogP contribution in [0, 0.1) is 16.0 Å². The number of nitrogens with one attached hydrogen (secondary N) is 4. The van der Waals surface area contributed by atoms with Gasteiger partial charge < -0.3 is 20.9 Å². The number of carbonyl (C=O) groups excluding carboxylic acids is 2. The summed E-state index contributed by atoms with van der Waals surface area (Å²) in [7, 11) is 0. The van der Waals surface area contributed by atoms with Gasteiger partial charge in [0.15, 0.2) is 0 Å². The molecule has 1 unspecified atom stereocenters. The summed E-state index contributed by atoms with van der Waals surface area (Å²) in [5, 5.41) is 20.7. The molecule has 1 heterocycles. The number of para-hydroxylation sites is 3. The number of hydrogen-bond donors (Lipinski definition) is 4. The molecule has 168 valence electrons. The molecule has 9 nitrogen and oxygen atoms in total. The third-order valence-electron chi connectivity index (χ3n) is 5.10. The Morgan fingerprint density at radius 1 is 1.03 bits per heavy atom. The maximum atomic E-state index is 12.9. The second kappa shape index (κ2) is 10.4. The van der Waals surface area contributed by atoms with E-state index in [1.54, 1.807) is 32.0 Å². The predicted molar refractivity (Wildman–Crippen MR) is 123 cm³/mol. The van der Waals surface area contributed by atoms with E-state index in [0.717, 1.165) is 16.5 Å². The van der Waals surface area contributed by atoms with Crippen LogP contribution in [0.1, 0.15) is 19.4 Å². The lowest BCUT2D eigenvalue weighted by atomic mass is 10.0. The molecule has 0 radical (unpaired) electrons. The molecule has 0 fully saturated rings. The fourth-order valence-corrected chi connectivity index (χ4v) is 3.36. The van der Waals surface area contributed by atoms with Crippen LogP contribution in [-0.2, 0) is 16.0 Å². The van der Waals surface area contributed by atoms with Gasteiger partial charge in [-0.3, -0.25) is 19.7 Å².